The Kier molecular flexibility index (Phi) is 17.6. The van der Waals surface area contributed by atoms with Gasteiger partial charge in [-0.05, 0) is 38.5 Å². The molecule has 1 aromatic rings. The zero-order valence-corrected chi connectivity index (χ0v) is 21.6. The Labute approximate surface area is 190 Å². The summed E-state index contributed by atoms with van der Waals surface area (Å²) in [6.07, 6.45) is 5.99. The molecule has 0 saturated carbocycles. The molecular formula is C24H42O4Si2. The molecule has 4 nitrogen and oxygen atoms in total. The van der Waals surface area contributed by atoms with E-state index in [4.69, 9.17) is 18.9 Å². The molecule has 0 aliphatic heterocycles. The monoisotopic (exact) mass is 450 g/mol. The Balaban J connectivity index is 2.32. The summed E-state index contributed by atoms with van der Waals surface area (Å²) in [5, 5.41) is 2.84. The molecule has 0 aliphatic carbocycles. The fourth-order valence-electron chi connectivity index (χ4n) is 2.80. The van der Waals surface area contributed by atoms with Crippen molar-refractivity contribution in [2.75, 3.05) is 26.4 Å². The first-order chi connectivity index (χ1) is 14.7. The van der Waals surface area contributed by atoms with Crippen molar-refractivity contribution in [1.82, 2.24) is 0 Å². The fraction of sp³-hybridized carbons (Fsp3) is 0.750. The van der Waals surface area contributed by atoms with Crippen molar-refractivity contribution in [3.05, 3.63) is 24.3 Å². The molecule has 0 unspecified atom stereocenters. The Morgan fingerprint density at radius 3 is 1.13 bits per heavy atom. The van der Waals surface area contributed by atoms with E-state index in [0.29, 0.717) is 0 Å². The van der Waals surface area contributed by atoms with Crippen molar-refractivity contribution in [1.29, 1.82) is 0 Å². The van der Waals surface area contributed by atoms with Crippen molar-refractivity contribution in [3.63, 3.8) is 0 Å². The lowest BCUT2D eigenvalue weighted by molar-refractivity contribution is -0.143. The van der Waals surface area contributed by atoms with E-state index >= 15 is 0 Å². The second-order valence-electron chi connectivity index (χ2n) is 7.35. The highest BCUT2D eigenvalue weighted by Crippen LogP contribution is 2.07. The molecule has 6 heteroatoms. The van der Waals surface area contributed by atoms with Crippen molar-refractivity contribution < 1.29 is 18.9 Å². The van der Waals surface area contributed by atoms with Crippen LogP contribution in [0.5, 0.6) is 0 Å². The van der Waals surface area contributed by atoms with Crippen molar-refractivity contribution in [2.45, 2.75) is 90.9 Å². The molecule has 0 saturated heterocycles. The normalized spacial score (nSPS) is 11.7. The summed E-state index contributed by atoms with van der Waals surface area (Å²) >= 11 is 0. The van der Waals surface area contributed by atoms with E-state index in [-0.39, 0.29) is 12.6 Å². The van der Waals surface area contributed by atoms with Crippen LogP contribution in [0.2, 0.25) is 12.1 Å². The Bertz CT molecular complexity index is 437. The van der Waals surface area contributed by atoms with Gasteiger partial charge in [-0.3, -0.25) is 0 Å². The second kappa shape index (κ2) is 19.2. The van der Waals surface area contributed by atoms with Gasteiger partial charge in [-0.25, -0.2) is 0 Å². The van der Waals surface area contributed by atoms with E-state index in [2.05, 4.69) is 52.0 Å². The molecule has 1 rings (SSSR count). The van der Waals surface area contributed by atoms with E-state index in [1.54, 1.807) is 0 Å². The Morgan fingerprint density at radius 1 is 0.567 bits per heavy atom. The zero-order valence-electron chi connectivity index (χ0n) is 19.6. The molecule has 0 fully saturated rings. The van der Waals surface area contributed by atoms with Gasteiger partial charge in [-0.2, -0.15) is 0 Å². The van der Waals surface area contributed by atoms with E-state index in [9.17, 15) is 0 Å². The Hall–Kier alpha value is -0.506. The lowest BCUT2D eigenvalue weighted by Crippen LogP contribution is -2.24. The number of hydrogen-bond donors (Lipinski definition) is 0. The summed E-state index contributed by atoms with van der Waals surface area (Å²) in [4.78, 5) is 0. The second-order valence-corrected chi connectivity index (χ2v) is 10.2. The standard InChI is InChI=1S/C24H42O4Si2/c1-5-15-25-23(26-16-6-2)13-19-29-21-9-11-22(12-10-21)30-20-14-24(27-17-7-3)28-18-8-4/h9-12,23-24H,5-8,13-20H2,1-4H3. The van der Waals surface area contributed by atoms with Gasteiger partial charge in [-0.1, -0.05) is 74.4 Å². The molecule has 1 aromatic carbocycles. The summed E-state index contributed by atoms with van der Waals surface area (Å²) in [7, 11) is 1.61. The summed E-state index contributed by atoms with van der Waals surface area (Å²) in [6, 6.07) is 11.4. The molecule has 0 atom stereocenters. The molecule has 0 aromatic heterocycles. The van der Waals surface area contributed by atoms with Gasteiger partial charge in [0.1, 0.15) is 0 Å². The first-order valence-electron chi connectivity index (χ1n) is 11.8. The summed E-state index contributed by atoms with van der Waals surface area (Å²) in [6.45, 7) is 11.7. The maximum Gasteiger partial charge on any atom is 0.157 e. The first kappa shape index (κ1) is 27.5. The van der Waals surface area contributed by atoms with Gasteiger partial charge >= 0.3 is 0 Å². The van der Waals surface area contributed by atoms with Crippen LogP contribution in [0.15, 0.2) is 24.3 Å². The van der Waals surface area contributed by atoms with Crippen LogP contribution in [0.4, 0.5) is 0 Å². The molecule has 0 bridgehead atoms. The first-order valence-corrected chi connectivity index (χ1v) is 14.2. The predicted molar refractivity (Wildman–Crippen MR) is 129 cm³/mol. The molecule has 170 valence electrons. The number of hydrogen-bond acceptors (Lipinski definition) is 4. The molecule has 0 heterocycles. The molecule has 30 heavy (non-hydrogen) atoms. The molecule has 0 spiro atoms. The van der Waals surface area contributed by atoms with Gasteiger partial charge in [0.05, 0.1) is 19.0 Å². The van der Waals surface area contributed by atoms with Crippen LogP contribution in [0.25, 0.3) is 0 Å². The summed E-state index contributed by atoms with van der Waals surface area (Å²) in [5.41, 5.74) is 0. The quantitative estimate of drug-likeness (QED) is 0.219. The lowest BCUT2D eigenvalue weighted by atomic mass is 10.4. The molecule has 0 N–H and O–H groups in total. The van der Waals surface area contributed by atoms with Gasteiger partial charge in [0.2, 0.25) is 0 Å². The van der Waals surface area contributed by atoms with Gasteiger partial charge in [-0.15, -0.1) is 0 Å². The maximum absolute atomic E-state index is 5.83. The summed E-state index contributed by atoms with van der Waals surface area (Å²) in [5.74, 6) is 0. The molecule has 0 amide bonds. The summed E-state index contributed by atoms with van der Waals surface area (Å²) < 4.78 is 23.3. The van der Waals surface area contributed by atoms with E-state index in [1.807, 2.05) is 0 Å². The molecule has 0 aliphatic rings. The number of ether oxygens (including phenoxy) is 4. The van der Waals surface area contributed by atoms with E-state index < -0.39 is 0 Å². The van der Waals surface area contributed by atoms with E-state index in [1.165, 1.54) is 10.4 Å². The third-order valence-corrected chi connectivity index (χ3v) is 6.90. The van der Waals surface area contributed by atoms with Gasteiger partial charge in [0.25, 0.3) is 0 Å². The van der Waals surface area contributed by atoms with Crippen LogP contribution >= 0.6 is 0 Å². The fourth-order valence-corrected chi connectivity index (χ4v) is 4.94. The highest BCUT2D eigenvalue weighted by atomic mass is 28.2. The van der Waals surface area contributed by atoms with Crippen molar-refractivity contribution in [3.8, 4) is 0 Å². The third kappa shape index (κ3) is 13.7. The smallest absolute Gasteiger partial charge is 0.157 e. The van der Waals surface area contributed by atoms with Gasteiger partial charge in [0.15, 0.2) is 12.6 Å². The number of benzene rings is 1. The minimum absolute atomic E-state index is 0.0454. The van der Waals surface area contributed by atoms with Crippen LogP contribution in [0.3, 0.4) is 0 Å². The van der Waals surface area contributed by atoms with E-state index in [0.717, 1.165) is 96.1 Å². The minimum atomic E-state index is -0.0454. The SMILES string of the molecule is CCCOC(CC[Si]c1ccc([Si]CCC(OCCC)OCCC)cc1)OCCC. The Morgan fingerprint density at radius 2 is 0.867 bits per heavy atom. The van der Waals surface area contributed by atoms with Crippen molar-refractivity contribution in [2.24, 2.45) is 0 Å². The zero-order chi connectivity index (χ0) is 21.9. The van der Waals surface area contributed by atoms with Gasteiger partial charge < -0.3 is 18.9 Å². The van der Waals surface area contributed by atoms with Gasteiger partial charge in [0, 0.05) is 26.4 Å². The average molecular weight is 451 g/mol. The average Bonchev–Trinajstić information content (AvgIpc) is 2.77. The van der Waals surface area contributed by atoms with Crippen LogP contribution < -0.4 is 10.4 Å². The molecular weight excluding hydrogens is 408 g/mol. The molecule has 4 radical (unpaired) electrons. The highest BCUT2D eigenvalue weighted by Gasteiger charge is 2.10. The largest absolute Gasteiger partial charge is 0.353 e. The van der Waals surface area contributed by atoms with Crippen molar-refractivity contribution >= 4 is 29.4 Å². The minimum Gasteiger partial charge on any atom is -0.353 e. The third-order valence-electron chi connectivity index (χ3n) is 4.33. The number of rotatable bonds is 20. The van der Waals surface area contributed by atoms with Crippen LogP contribution in [-0.4, -0.2) is 58.0 Å². The topological polar surface area (TPSA) is 36.9 Å². The predicted octanol–water partition coefficient (Wildman–Crippen LogP) is 4.32. The van der Waals surface area contributed by atoms with Crippen LogP contribution in [0.1, 0.15) is 66.2 Å². The maximum atomic E-state index is 5.83. The highest BCUT2D eigenvalue weighted by molar-refractivity contribution is 6.55. The van der Waals surface area contributed by atoms with Crippen LogP contribution in [-0.2, 0) is 18.9 Å². The lowest BCUT2D eigenvalue weighted by Gasteiger charge is -2.18. The van der Waals surface area contributed by atoms with Crippen LogP contribution in [0, 0.1) is 0 Å².